The predicted molar refractivity (Wildman–Crippen MR) is 107 cm³/mol. The molecule has 27 heavy (non-hydrogen) atoms. The van der Waals surface area contributed by atoms with Crippen molar-refractivity contribution in [2.24, 2.45) is 0 Å². The summed E-state index contributed by atoms with van der Waals surface area (Å²) in [6.07, 6.45) is 0.928. The van der Waals surface area contributed by atoms with E-state index < -0.39 is 10.2 Å². The van der Waals surface area contributed by atoms with Crippen molar-refractivity contribution in [1.82, 2.24) is 8.61 Å². The van der Waals surface area contributed by atoms with Crippen molar-refractivity contribution in [2.45, 2.75) is 26.8 Å². The van der Waals surface area contributed by atoms with E-state index in [0.717, 1.165) is 17.5 Å². The van der Waals surface area contributed by atoms with E-state index in [0.29, 0.717) is 25.3 Å². The lowest BCUT2D eigenvalue weighted by Gasteiger charge is -2.19. The fourth-order valence-electron chi connectivity index (χ4n) is 3.10. The molecule has 1 saturated heterocycles. The van der Waals surface area contributed by atoms with E-state index in [4.69, 9.17) is 0 Å². The van der Waals surface area contributed by atoms with Crippen LogP contribution in [0, 0.1) is 6.92 Å². The highest BCUT2D eigenvalue weighted by Gasteiger charge is 2.37. The highest BCUT2D eigenvalue weighted by atomic mass is 32.2. The molecule has 0 aliphatic carbocycles. The normalized spacial score (nSPS) is 17.1. The third kappa shape index (κ3) is 4.55. The average molecular weight is 388 g/mol. The molecule has 0 spiro atoms. The molecule has 0 aromatic heterocycles. The Hall–Kier alpha value is -2.22. The Bertz CT molecular complexity index is 910. The number of anilines is 1. The largest absolute Gasteiger partial charge is 0.325 e. The molecule has 6 nitrogen and oxygen atoms in total. The van der Waals surface area contributed by atoms with Gasteiger partial charge in [-0.15, -0.1) is 0 Å². The Labute approximate surface area is 161 Å². The summed E-state index contributed by atoms with van der Waals surface area (Å²) in [6.45, 7) is 4.88. The van der Waals surface area contributed by atoms with Crippen molar-refractivity contribution in [1.29, 1.82) is 0 Å². The molecular weight excluding hydrogens is 362 g/mol. The van der Waals surface area contributed by atoms with Crippen LogP contribution in [0.1, 0.15) is 23.6 Å². The Morgan fingerprint density at radius 2 is 1.70 bits per heavy atom. The van der Waals surface area contributed by atoms with Gasteiger partial charge in [-0.1, -0.05) is 43.3 Å². The maximum atomic E-state index is 12.8. The van der Waals surface area contributed by atoms with E-state index in [2.05, 4.69) is 12.2 Å². The molecule has 0 bridgehead atoms. The van der Waals surface area contributed by atoms with Crippen LogP contribution in [0.5, 0.6) is 0 Å². The van der Waals surface area contributed by atoms with Gasteiger partial charge < -0.3 is 5.32 Å². The molecule has 0 atom stereocenters. The Kier molecular flexibility index (Phi) is 5.94. The highest BCUT2D eigenvalue weighted by Crippen LogP contribution is 2.21. The summed E-state index contributed by atoms with van der Waals surface area (Å²) in [6, 6.07) is 15.3. The second kappa shape index (κ2) is 8.21. The molecule has 1 heterocycles. The monoisotopic (exact) mass is 387 g/mol. The Balaban J connectivity index is 1.62. The lowest BCUT2D eigenvalue weighted by molar-refractivity contribution is -0.116. The molecule has 1 aliphatic heterocycles. The van der Waals surface area contributed by atoms with Crippen LogP contribution in [-0.4, -0.2) is 42.6 Å². The second-order valence-electron chi connectivity index (χ2n) is 6.70. The van der Waals surface area contributed by atoms with E-state index in [9.17, 15) is 13.2 Å². The average Bonchev–Trinajstić information content (AvgIpc) is 2.91. The SMILES string of the molecule is CCc1ccc(NC(=O)CN2CCN(Cc3ccccc3C)S2(=O)=O)cc1. The zero-order valence-corrected chi connectivity index (χ0v) is 16.5. The van der Waals surface area contributed by atoms with Crippen LogP contribution in [0.15, 0.2) is 48.5 Å². The minimum Gasteiger partial charge on any atom is -0.325 e. The number of carbonyl (C=O) groups excluding carboxylic acids is 1. The topological polar surface area (TPSA) is 69.7 Å². The van der Waals surface area contributed by atoms with Crippen molar-refractivity contribution in [3.8, 4) is 0 Å². The molecule has 3 rings (SSSR count). The summed E-state index contributed by atoms with van der Waals surface area (Å²) in [4.78, 5) is 12.3. The smallest absolute Gasteiger partial charge is 0.282 e. The van der Waals surface area contributed by atoms with Crippen LogP contribution in [0.2, 0.25) is 0 Å². The lowest BCUT2D eigenvalue weighted by atomic mass is 10.1. The van der Waals surface area contributed by atoms with Gasteiger partial charge in [0.1, 0.15) is 0 Å². The van der Waals surface area contributed by atoms with E-state index in [1.54, 1.807) is 0 Å². The van der Waals surface area contributed by atoms with Crippen LogP contribution in [-0.2, 0) is 28.0 Å². The molecule has 2 aromatic rings. The summed E-state index contributed by atoms with van der Waals surface area (Å²) in [5.41, 5.74) is 3.88. The van der Waals surface area contributed by atoms with Crippen molar-refractivity contribution in [3.63, 3.8) is 0 Å². The van der Waals surface area contributed by atoms with E-state index >= 15 is 0 Å². The van der Waals surface area contributed by atoms with E-state index in [-0.39, 0.29) is 12.5 Å². The van der Waals surface area contributed by atoms with Gasteiger partial charge in [0.15, 0.2) is 0 Å². The number of amides is 1. The van der Waals surface area contributed by atoms with Crippen molar-refractivity contribution < 1.29 is 13.2 Å². The fourth-order valence-corrected chi connectivity index (χ4v) is 4.63. The Morgan fingerprint density at radius 3 is 2.37 bits per heavy atom. The molecule has 0 radical (unpaired) electrons. The third-order valence-corrected chi connectivity index (χ3v) is 6.75. The lowest BCUT2D eigenvalue weighted by Crippen LogP contribution is -2.37. The number of benzene rings is 2. The van der Waals surface area contributed by atoms with Gasteiger partial charge in [0.05, 0.1) is 6.54 Å². The maximum Gasteiger partial charge on any atom is 0.282 e. The van der Waals surface area contributed by atoms with E-state index in [1.165, 1.54) is 14.2 Å². The van der Waals surface area contributed by atoms with Crippen LogP contribution in [0.25, 0.3) is 0 Å². The van der Waals surface area contributed by atoms with Crippen molar-refractivity contribution >= 4 is 21.8 Å². The van der Waals surface area contributed by atoms with Gasteiger partial charge in [0.25, 0.3) is 10.2 Å². The molecule has 7 heteroatoms. The third-order valence-electron chi connectivity index (χ3n) is 4.83. The molecular formula is C20H25N3O3S. The summed E-state index contributed by atoms with van der Waals surface area (Å²) in [5.74, 6) is -0.333. The highest BCUT2D eigenvalue weighted by molar-refractivity contribution is 7.87. The minimum atomic E-state index is -3.64. The summed E-state index contributed by atoms with van der Waals surface area (Å²) in [7, 11) is -3.64. The van der Waals surface area contributed by atoms with Gasteiger partial charge >= 0.3 is 0 Å². The summed E-state index contributed by atoms with van der Waals surface area (Å²) < 4.78 is 28.2. The van der Waals surface area contributed by atoms with Crippen molar-refractivity contribution in [3.05, 3.63) is 65.2 Å². The van der Waals surface area contributed by atoms with E-state index in [1.807, 2.05) is 55.5 Å². The summed E-state index contributed by atoms with van der Waals surface area (Å²) >= 11 is 0. The standard InChI is InChI=1S/C20H25N3O3S/c1-3-17-8-10-19(11-9-17)21-20(24)15-23-13-12-22(27(23,25)26)14-18-7-5-4-6-16(18)2/h4-11H,3,12-15H2,1-2H3,(H,21,24). The van der Waals surface area contributed by atoms with Crippen LogP contribution >= 0.6 is 0 Å². The predicted octanol–water partition coefficient (Wildman–Crippen LogP) is 2.56. The molecule has 144 valence electrons. The van der Waals surface area contributed by atoms with Gasteiger partial charge in [0, 0.05) is 25.3 Å². The number of hydrogen-bond donors (Lipinski definition) is 1. The number of nitrogens with zero attached hydrogens (tertiary/aromatic N) is 2. The van der Waals surface area contributed by atoms with Crippen LogP contribution < -0.4 is 5.32 Å². The van der Waals surface area contributed by atoms with Crippen LogP contribution in [0.3, 0.4) is 0 Å². The molecule has 1 amide bonds. The molecule has 1 aliphatic rings. The first-order valence-electron chi connectivity index (χ1n) is 9.08. The molecule has 2 aromatic carbocycles. The molecule has 0 saturated carbocycles. The Morgan fingerprint density at radius 1 is 1.04 bits per heavy atom. The first-order valence-corrected chi connectivity index (χ1v) is 10.5. The number of aryl methyl sites for hydroxylation is 2. The first kappa shape index (κ1) is 19.5. The zero-order valence-electron chi connectivity index (χ0n) is 15.7. The molecule has 0 unspecified atom stereocenters. The fraction of sp³-hybridized carbons (Fsp3) is 0.350. The number of nitrogens with one attached hydrogen (secondary N) is 1. The van der Waals surface area contributed by atoms with Crippen molar-refractivity contribution in [2.75, 3.05) is 25.0 Å². The quantitative estimate of drug-likeness (QED) is 0.828. The van der Waals surface area contributed by atoms with Gasteiger partial charge in [-0.3, -0.25) is 4.79 Å². The van der Waals surface area contributed by atoms with Crippen LogP contribution in [0.4, 0.5) is 5.69 Å². The number of hydrogen-bond acceptors (Lipinski definition) is 3. The zero-order chi connectivity index (χ0) is 19.4. The van der Waals surface area contributed by atoms with Gasteiger partial charge in [0.2, 0.25) is 5.91 Å². The molecule has 1 N–H and O–H groups in total. The minimum absolute atomic E-state index is 0.178. The van der Waals surface area contributed by atoms with Gasteiger partial charge in [-0.25, -0.2) is 0 Å². The second-order valence-corrected chi connectivity index (χ2v) is 8.63. The first-order chi connectivity index (χ1) is 12.9. The van der Waals surface area contributed by atoms with Gasteiger partial charge in [-0.05, 0) is 42.2 Å². The molecule has 1 fully saturated rings. The van der Waals surface area contributed by atoms with Gasteiger partial charge in [-0.2, -0.15) is 17.0 Å². The number of rotatable bonds is 6. The maximum absolute atomic E-state index is 12.8. The number of carbonyl (C=O) groups is 1. The summed E-state index contributed by atoms with van der Waals surface area (Å²) in [5, 5.41) is 2.77.